The number of nitrogens with one attached hydrogen (secondary N) is 2. The van der Waals surface area contributed by atoms with Crippen LogP contribution in [0.2, 0.25) is 5.02 Å². The first kappa shape index (κ1) is 20.6. The Morgan fingerprint density at radius 1 is 1.40 bits per heavy atom. The van der Waals surface area contributed by atoms with Crippen molar-refractivity contribution in [2.45, 2.75) is 38.6 Å². The Morgan fingerprint density at radius 3 is 3.03 bits per heavy atom. The van der Waals surface area contributed by atoms with Crippen molar-refractivity contribution >= 4 is 29.0 Å². The average molecular weight is 434 g/mol. The largest absolute Gasteiger partial charge is 0.391 e. The highest BCUT2D eigenvalue weighted by atomic mass is 35.5. The minimum Gasteiger partial charge on any atom is -0.391 e. The second-order valence-corrected chi connectivity index (χ2v) is 7.65. The van der Waals surface area contributed by atoms with Crippen molar-refractivity contribution < 1.29 is 19.0 Å². The van der Waals surface area contributed by atoms with Crippen LogP contribution in [0.1, 0.15) is 28.8 Å². The molecule has 2 atom stereocenters. The van der Waals surface area contributed by atoms with Gasteiger partial charge in [-0.25, -0.2) is 14.4 Å². The quantitative estimate of drug-likeness (QED) is 0.663. The fraction of sp³-hybridized carbons (Fsp3) is 0.400. The van der Waals surface area contributed by atoms with Gasteiger partial charge in [0.25, 0.3) is 5.91 Å². The summed E-state index contributed by atoms with van der Waals surface area (Å²) in [7, 11) is 0. The number of aliphatic hydroxyl groups is 1. The number of hydrogen-bond acceptors (Lipinski definition) is 7. The van der Waals surface area contributed by atoms with Crippen LogP contribution in [0.25, 0.3) is 0 Å². The summed E-state index contributed by atoms with van der Waals surface area (Å²) in [5.74, 6) is -0.441. The van der Waals surface area contributed by atoms with E-state index in [0.29, 0.717) is 52.9 Å². The Bertz CT molecular complexity index is 1020. The molecule has 30 heavy (non-hydrogen) atoms. The molecule has 8 nitrogen and oxygen atoms in total. The molecule has 3 heterocycles. The van der Waals surface area contributed by atoms with Gasteiger partial charge in [-0.05, 0) is 36.6 Å². The zero-order valence-corrected chi connectivity index (χ0v) is 17.0. The molecule has 0 radical (unpaired) electrons. The van der Waals surface area contributed by atoms with Crippen molar-refractivity contribution in [3.63, 3.8) is 0 Å². The standard InChI is InChI=1S/C20H21ClFN5O3/c1-10-4-12(22)5-11(17(10)21)6-24-20(29)18-16-13(7-23-18)25-9-26-19(16)27-14-8-30-3-2-15(14)28/h4-5,9,14-15,28H,2-3,6-8H2,1H3,(H,24,29)(H,25,26,27)/t14-,15-/m1/s1. The van der Waals surface area contributed by atoms with Crippen LogP contribution in [0.5, 0.6) is 0 Å². The summed E-state index contributed by atoms with van der Waals surface area (Å²) in [4.78, 5) is 25.6. The van der Waals surface area contributed by atoms with Gasteiger partial charge in [-0.3, -0.25) is 9.79 Å². The monoisotopic (exact) mass is 433 g/mol. The van der Waals surface area contributed by atoms with E-state index in [1.807, 2.05) is 0 Å². The van der Waals surface area contributed by atoms with Crippen molar-refractivity contribution in [1.82, 2.24) is 15.3 Å². The molecular formula is C20H21ClFN5O3. The highest BCUT2D eigenvalue weighted by molar-refractivity contribution is 6.47. The molecule has 2 aliphatic rings. The van der Waals surface area contributed by atoms with Crippen LogP contribution >= 0.6 is 11.6 Å². The van der Waals surface area contributed by atoms with E-state index >= 15 is 0 Å². The molecule has 0 unspecified atom stereocenters. The van der Waals surface area contributed by atoms with Crippen LogP contribution in [0, 0.1) is 12.7 Å². The molecule has 1 fully saturated rings. The van der Waals surface area contributed by atoms with Gasteiger partial charge in [0.2, 0.25) is 0 Å². The van der Waals surface area contributed by atoms with Gasteiger partial charge in [0.15, 0.2) is 0 Å². The third-order valence-corrected chi connectivity index (χ3v) is 5.68. The number of ether oxygens (including phenoxy) is 1. The molecule has 4 rings (SSSR count). The highest BCUT2D eigenvalue weighted by Crippen LogP contribution is 2.26. The molecule has 1 saturated heterocycles. The number of nitrogens with zero attached hydrogens (tertiary/aromatic N) is 3. The first-order valence-electron chi connectivity index (χ1n) is 9.57. The predicted molar refractivity (Wildman–Crippen MR) is 109 cm³/mol. The summed E-state index contributed by atoms with van der Waals surface area (Å²) in [6, 6.07) is 2.28. The maximum atomic E-state index is 13.7. The molecule has 1 aromatic heterocycles. The lowest BCUT2D eigenvalue weighted by Crippen LogP contribution is -2.43. The molecule has 2 aliphatic heterocycles. The van der Waals surface area contributed by atoms with Crippen molar-refractivity contribution in [1.29, 1.82) is 0 Å². The first-order valence-corrected chi connectivity index (χ1v) is 9.95. The number of rotatable bonds is 5. The summed E-state index contributed by atoms with van der Waals surface area (Å²) < 4.78 is 19.1. The van der Waals surface area contributed by atoms with Crippen LogP contribution in [0.3, 0.4) is 0 Å². The van der Waals surface area contributed by atoms with Gasteiger partial charge in [0, 0.05) is 18.2 Å². The number of hydrogen-bond donors (Lipinski definition) is 3. The van der Waals surface area contributed by atoms with Crippen molar-refractivity contribution in [3.05, 3.63) is 51.7 Å². The Morgan fingerprint density at radius 2 is 2.23 bits per heavy atom. The number of amides is 1. The number of carbonyl (C=O) groups is 1. The van der Waals surface area contributed by atoms with E-state index in [9.17, 15) is 14.3 Å². The van der Waals surface area contributed by atoms with Gasteiger partial charge in [-0.2, -0.15) is 0 Å². The minimum absolute atomic E-state index is 0.0518. The van der Waals surface area contributed by atoms with E-state index in [4.69, 9.17) is 16.3 Å². The van der Waals surface area contributed by atoms with E-state index in [2.05, 4.69) is 25.6 Å². The predicted octanol–water partition coefficient (Wildman–Crippen LogP) is 1.76. The van der Waals surface area contributed by atoms with Crippen LogP contribution < -0.4 is 10.6 Å². The fourth-order valence-corrected chi connectivity index (χ4v) is 3.72. The minimum atomic E-state index is -0.585. The Hall–Kier alpha value is -2.62. The van der Waals surface area contributed by atoms with Gasteiger partial charge in [0.1, 0.15) is 23.7 Å². The third-order valence-electron chi connectivity index (χ3n) is 5.14. The number of aliphatic imine (C=N–C) groups is 1. The van der Waals surface area contributed by atoms with Gasteiger partial charge < -0.3 is 20.5 Å². The zero-order chi connectivity index (χ0) is 21.3. The summed E-state index contributed by atoms with van der Waals surface area (Å²) in [5, 5.41) is 16.5. The van der Waals surface area contributed by atoms with Crippen molar-refractivity contribution in [2.24, 2.45) is 4.99 Å². The first-order chi connectivity index (χ1) is 14.4. The van der Waals surface area contributed by atoms with E-state index in [1.54, 1.807) is 6.92 Å². The second kappa shape index (κ2) is 8.63. The molecule has 2 aromatic rings. The van der Waals surface area contributed by atoms with Gasteiger partial charge in [-0.15, -0.1) is 0 Å². The molecule has 0 bridgehead atoms. The highest BCUT2D eigenvalue weighted by Gasteiger charge is 2.30. The number of halogens is 2. The molecule has 1 amide bonds. The number of carbonyl (C=O) groups excluding carboxylic acids is 1. The van der Waals surface area contributed by atoms with Crippen LogP contribution in [0.4, 0.5) is 10.2 Å². The van der Waals surface area contributed by atoms with Gasteiger partial charge >= 0.3 is 0 Å². The smallest absolute Gasteiger partial charge is 0.270 e. The number of fused-ring (bicyclic) bond motifs is 1. The third kappa shape index (κ3) is 4.14. The molecule has 0 aliphatic carbocycles. The van der Waals surface area contributed by atoms with E-state index in [0.717, 1.165) is 0 Å². The fourth-order valence-electron chi connectivity index (χ4n) is 3.54. The van der Waals surface area contributed by atoms with Gasteiger partial charge in [0.05, 0.1) is 36.6 Å². The molecular weight excluding hydrogens is 413 g/mol. The van der Waals surface area contributed by atoms with Crippen molar-refractivity contribution in [3.8, 4) is 0 Å². The lowest BCUT2D eigenvalue weighted by Gasteiger charge is -2.29. The Balaban J connectivity index is 1.52. The Kier molecular flexibility index (Phi) is 5.94. The maximum absolute atomic E-state index is 13.7. The summed E-state index contributed by atoms with van der Waals surface area (Å²) in [5.41, 5.74) is 2.37. The van der Waals surface area contributed by atoms with Crippen LogP contribution in [-0.2, 0) is 22.6 Å². The van der Waals surface area contributed by atoms with E-state index < -0.39 is 17.8 Å². The van der Waals surface area contributed by atoms with Crippen molar-refractivity contribution in [2.75, 3.05) is 18.5 Å². The summed E-state index contributed by atoms with van der Waals surface area (Å²) in [6.07, 6.45) is 1.32. The zero-order valence-electron chi connectivity index (χ0n) is 16.3. The lowest BCUT2D eigenvalue weighted by atomic mass is 10.1. The molecule has 10 heteroatoms. The summed E-state index contributed by atoms with van der Waals surface area (Å²) >= 11 is 6.22. The molecule has 1 aromatic carbocycles. The number of aryl methyl sites for hydroxylation is 1. The number of anilines is 1. The number of aromatic nitrogens is 2. The average Bonchev–Trinajstić information content (AvgIpc) is 3.16. The van der Waals surface area contributed by atoms with Crippen LogP contribution in [0.15, 0.2) is 23.5 Å². The number of aliphatic hydroxyl groups excluding tert-OH is 1. The summed E-state index contributed by atoms with van der Waals surface area (Å²) in [6.45, 7) is 2.83. The number of benzene rings is 1. The maximum Gasteiger partial charge on any atom is 0.270 e. The van der Waals surface area contributed by atoms with Gasteiger partial charge in [-0.1, -0.05) is 11.6 Å². The van der Waals surface area contributed by atoms with Crippen LogP contribution in [-0.4, -0.2) is 52.1 Å². The normalized spacial score (nSPS) is 20.5. The molecule has 158 valence electrons. The lowest BCUT2D eigenvalue weighted by molar-refractivity contribution is -0.114. The topological polar surface area (TPSA) is 109 Å². The second-order valence-electron chi connectivity index (χ2n) is 7.27. The SMILES string of the molecule is Cc1cc(F)cc(CNC(=O)C2=NCc3ncnc(N[C@@H]4COCC[C@H]4O)c32)c1Cl. The Labute approximate surface area is 177 Å². The van der Waals surface area contributed by atoms with E-state index in [1.165, 1.54) is 18.5 Å². The molecule has 0 spiro atoms. The van der Waals surface area contributed by atoms with E-state index in [-0.39, 0.29) is 24.8 Å². The molecule has 3 N–H and O–H groups in total. The molecule has 0 saturated carbocycles.